The number of rotatable bonds is 1. The van der Waals surface area contributed by atoms with Crippen LogP contribution < -0.4 is 0 Å². The predicted octanol–water partition coefficient (Wildman–Crippen LogP) is 4.67. The van der Waals surface area contributed by atoms with Gasteiger partial charge < -0.3 is 0 Å². The number of fused-ring (bicyclic) bond motifs is 1. The number of allylic oxidation sites excluding steroid dienone is 8. The molecule has 86 valence electrons. The van der Waals surface area contributed by atoms with Gasteiger partial charge in [0.25, 0.3) is 0 Å². The Morgan fingerprint density at radius 2 is 1.62 bits per heavy atom. The third kappa shape index (κ3) is 1.81. The van der Waals surface area contributed by atoms with Crippen LogP contribution in [-0.2, 0) is 0 Å². The van der Waals surface area contributed by atoms with Crippen molar-refractivity contribution in [1.29, 1.82) is 0 Å². The number of hydrogen-bond acceptors (Lipinski definition) is 0. The van der Waals surface area contributed by atoms with Crippen molar-refractivity contribution >= 4 is 0 Å². The van der Waals surface area contributed by atoms with E-state index >= 15 is 0 Å². The summed E-state index contributed by atoms with van der Waals surface area (Å²) >= 11 is 0. The fraction of sp³-hybridized carbons (Fsp3) is 0.500. The van der Waals surface area contributed by atoms with Gasteiger partial charge in [-0.25, -0.2) is 0 Å². The van der Waals surface area contributed by atoms with Crippen LogP contribution in [0.5, 0.6) is 0 Å². The molecule has 0 bridgehead atoms. The van der Waals surface area contributed by atoms with Crippen LogP contribution in [0.1, 0.15) is 34.6 Å². The summed E-state index contributed by atoms with van der Waals surface area (Å²) in [6.45, 7) is 11.4. The quantitative estimate of drug-likeness (QED) is 0.595. The standard InChI is InChI=1S/C16H22/c1-10(2)15-9-16-11(3)6-7-14(16)12(4)8-13(15)5/h6-10,13,15H,1-5H3. The lowest BCUT2D eigenvalue weighted by atomic mass is 9.83. The van der Waals surface area contributed by atoms with Gasteiger partial charge in [-0.1, -0.05) is 45.1 Å². The van der Waals surface area contributed by atoms with Gasteiger partial charge in [0.2, 0.25) is 0 Å². The summed E-state index contributed by atoms with van der Waals surface area (Å²) in [4.78, 5) is 0. The van der Waals surface area contributed by atoms with E-state index in [0.717, 1.165) is 0 Å². The van der Waals surface area contributed by atoms with E-state index in [1.165, 1.54) is 22.3 Å². The zero-order chi connectivity index (χ0) is 11.9. The van der Waals surface area contributed by atoms with Crippen molar-refractivity contribution in [2.45, 2.75) is 34.6 Å². The first-order chi connectivity index (χ1) is 7.50. The third-order valence-electron chi connectivity index (χ3n) is 3.89. The molecule has 0 aromatic carbocycles. The second-order valence-corrected chi connectivity index (χ2v) is 5.54. The van der Waals surface area contributed by atoms with Crippen LogP contribution in [-0.4, -0.2) is 0 Å². The van der Waals surface area contributed by atoms with Gasteiger partial charge in [0.1, 0.15) is 0 Å². The van der Waals surface area contributed by atoms with Crippen molar-refractivity contribution in [3.63, 3.8) is 0 Å². The molecule has 0 aromatic heterocycles. The highest BCUT2D eigenvalue weighted by Crippen LogP contribution is 2.39. The molecular formula is C16H22. The molecule has 0 N–H and O–H groups in total. The molecule has 0 radical (unpaired) electrons. The maximum Gasteiger partial charge on any atom is -0.0141 e. The summed E-state index contributed by atoms with van der Waals surface area (Å²) in [5.74, 6) is 2.02. The molecule has 2 unspecified atom stereocenters. The van der Waals surface area contributed by atoms with E-state index in [1.807, 2.05) is 0 Å². The van der Waals surface area contributed by atoms with Gasteiger partial charge in [0, 0.05) is 0 Å². The predicted molar refractivity (Wildman–Crippen MR) is 71.2 cm³/mol. The van der Waals surface area contributed by atoms with E-state index in [4.69, 9.17) is 0 Å². The molecule has 0 fully saturated rings. The van der Waals surface area contributed by atoms with Crippen LogP contribution >= 0.6 is 0 Å². The third-order valence-corrected chi connectivity index (χ3v) is 3.89. The van der Waals surface area contributed by atoms with Gasteiger partial charge in [0.15, 0.2) is 0 Å². The molecule has 0 saturated carbocycles. The summed E-state index contributed by atoms with van der Waals surface area (Å²) in [7, 11) is 0. The van der Waals surface area contributed by atoms with E-state index in [2.05, 4.69) is 58.9 Å². The van der Waals surface area contributed by atoms with Crippen molar-refractivity contribution in [2.75, 3.05) is 0 Å². The Balaban J connectivity index is 2.48. The summed E-state index contributed by atoms with van der Waals surface area (Å²) in [6.07, 6.45) is 9.44. The smallest absolute Gasteiger partial charge is 0.0141 e. The minimum absolute atomic E-state index is 0.645. The Bertz CT molecular complexity index is 413. The zero-order valence-corrected chi connectivity index (χ0v) is 11.0. The van der Waals surface area contributed by atoms with Crippen molar-refractivity contribution in [3.05, 3.63) is 46.6 Å². The van der Waals surface area contributed by atoms with Crippen molar-refractivity contribution in [3.8, 4) is 0 Å². The minimum Gasteiger partial charge on any atom is -0.0775 e. The molecule has 16 heavy (non-hydrogen) atoms. The molecule has 0 amide bonds. The second-order valence-electron chi connectivity index (χ2n) is 5.54. The lowest BCUT2D eigenvalue weighted by Gasteiger charge is -2.21. The van der Waals surface area contributed by atoms with Gasteiger partial charge in [0.05, 0.1) is 0 Å². The lowest BCUT2D eigenvalue weighted by Crippen LogP contribution is -2.13. The van der Waals surface area contributed by atoms with Gasteiger partial charge in [-0.15, -0.1) is 0 Å². The minimum atomic E-state index is 0.645. The van der Waals surface area contributed by atoms with Crippen LogP contribution in [0, 0.1) is 17.8 Å². The second kappa shape index (κ2) is 4.08. The zero-order valence-electron chi connectivity index (χ0n) is 11.0. The average Bonchev–Trinajstić information content (AvgIpc) is 2.49. The molecule has 0 nitrogen and oxygen atoms in total. The van der Waals surface area contributed by atoms with E-state index in [9.17, 15) is 0 Å². The van der Waals surface area contributed by atoms with E-state index in [0.29, 0.717) is 17.8 Å². The molecule has 0 spiro atoms. The number of hydrogen-bond donors (Lipinski definition) is 0. The highest BCUT2D eigenvalue weighted by molar-refractivity contribution is 5.62. The van der Waals surface area contributed by atoms with E-state index in [1.54, 1.807) is 0 Å². The first-order valence-electron chi connectivity index (χ1n) is 6.30. The molecule has 0 heteroatoms. The largest absolute Gasteiger partial charge is 0.0775 e. The SMILES string of the molecule is CC1=CC=C2C(C)=CC(C)C(C(C)C)C=C12. The fourth-order valence-corrected chi connectivity index (χ4v) is 2.90. The molecule has 2 rings (SSSR count). The van der Waals surface area contributed by atoms with Gasteiger partial charge in [-0.3, -0.25) is 0 Å². The van der Waals surface area contributed by atoms with Crippen molar-refractivity contribution in [1.82, 2.24) is 0 Å². The first-order valence-corrected chi connectivity index (χ1v) is 6.30. The monoisotopic (exact) mass is 214 g/mol. The molecule has 2 aliphatic carbocycles. The Hall–Kier alpha value is -1.04. The lowest BCUT2D eigenvalue weighted by molar-refractivity contribution is 0.384. The Morgan fingerprint density at radius 1 is 0.938 bits per heavy atom. The van der Waals surface area contributed by atoms with Crippen LogP contribution in [0.25, 0.3) is 0 Å². The summed E-state index contributed by atoms with van der Waals surface area (Å²) < 4.78 is 0. The highest BCUT2D eigenvalue weighted by atomic mass is 14.3. The Kier molecular flexibility index (Phi) is 2.92. The average molecular weight is 214 g/mol. The van der Waals surface area contributed by atoms with E-state index in [-0.39, 0.29) is 0 Å². The van der Waals surface area contributed by atoms with Crippen LogP contribution in [0.4, 0.5) is 0 Å². The summed E-state index contributed by atoms with van der Waals surface area (Å²) in [5, 5.41) is 0. The molecule has 2 atom stereocenters. The fourth-order valence-electron chi connectivity index (χ4n) is 2.90. The molecule has 0 heterocycles. The summed E-state index contributed by atoms with van der Waals surface area (Å²) in [6, 6.07) is 0. The molecule has 0 aliphatic heterocycles. The topological polar surface area (TPSA) is 0 Å². The van der Waals surface area contributed by atoms with Gasteiger partial charge in [-0.2, -0.15) is 0 Å². The molecule has 2 aliphatic rings. The highest BCUT2D eigenvalue weighted by Gasteiger charge is 2.24. The molecule has 0 aromatic rings. The molecular weight excluding hydrogens is 192 g/mol. The normalized spacial score (nSPS) is 29.1. The van der Waals surface area contributed by atoms with E-state index < -0.39 is 0 Å². The van der Waals surface area contributed by atoms with Crippen molar-refractivity contribution in [2.24, 2.45) is 17.8 Å². The maximum absolute atomic E-state index is 2.49. The van der Waals surface area contributed by atoms with Gasteiger partial charge >= 0.3 is 0 Å². The Morgan fingerprint density at radius 3 is 2.25 bits per heavy atom. The maximum atomic E-state index is 2.49. The Labute approximate surface area is 99.4 Å². The van der Waals surface area contributed by atoms with Crippen LogP contribution in [0.2, 0.25) is 0 Å². The van der Waals surface area contributed by atoms with Crippen molar-refractivity contribution < 1.29 is 0 Å². The van der Waals surface area contributed by atoms with Crippen LogP contribution in [0.15, 0.2) is 46.6 Å². The summed E-state index contributed by atoms with van der Waals surface area (Å²) in [5.41, 5.74) is 5.77. The molecule has 0 saturated heterocycles. The van der Waals surface area contributed by atoms with Gasteiger partial charge in [-0.05, 0) is 53.9 Å². The first kappa shape index (κ1) is 11.4. The van der Waals surface area contributed by atoms with Crippen LogP contribution in [0.3, 0.4) is 0 Å².